The molecule has 0 aromatic heterocycles. The van der Waals surface area contributed by atoms with Crippen LogP contribution in [0.4, 0.5) is 5.69 Å². The third kappa shape index (κ3) is 3.30. The van der Waals surface area contributed by atoms with Gasteiger partial charge in [-0.1, -0.05) is 24.3 Å². The average Bonchev–Trinajstić information content (AvgIpc) is 2.51. The summed E-state index contributed by atoms with van der Waals surface area (Å²) in [5, 5.41) is 23.1. The second-order valence-corrected chi connectivity index (χ2v) is 4.63. The van der Waals surface area contributed by atoms with Crippen LogP contribution in [0.15, 0.2) is 36.4 Å². The Morgan fingerprint density at radius 2 is 2.05 bits per heavy atom. The quantitative estimate of drug-likeness (QED) is 0.852. The standard InChI is InChI=1S/C16H16N2O3/c1-21-9-8-15(16(19)20)18-14-7-6-11(10-17)12-4-2-3-5-13(12)14/h2-7,15,18H,8-9H2,1H3,(H,19,20). The van der Waals surface area contributed by atoms with Gasteiger partial charge in [-0.25, -0.2) is 4.79 Å². The lowest BCUT2D eigenvalue weighted by molar-refractivity contribution is -0.138. The number of carbonyl (C=O) groups is 1. The number of ether oxygens (including phenoxy) is 1. The van der Waals surface area contributed by atoms with Gasteiger partial charge < -0.3 is 15.2 Å². The topological polar surface area (TPSA) is 82.3 Å². The van der Waals surface area contributed by atoms with E-state index in [1.807, 2.05) is 24.3 Å². The van der Waals surface area contributed by atoms with Gasteiger partial charge in [-0.3, -0.25) is 0 Å². The monoisotopic (exact) mass is 284 g/mol. The number of anilines is 1. The molecule has 0 saturated heterocycles. The van der Waals surface area contributed by atoms with Gasteiger partial charge in [-0.2, -0.15) is 5.26 Å². The van der Waals surface area contributed by atoms with Crippen molar-refractivity contribution >= 4 is 22.4 Å². The predicted molar refractivity (Wildman–Crippen MR) is 80.2 cm³/mol. The molecule has 0 fully saturated rings. The lowest BCUT2D eigenvalue weighted by Gasteiger charge is -2.17. The minimum Gasteiger partial charge on any atom is -0.480 e. The van der Waals surface area contributed by atoms with E-state index in [1.54, 1.807) is 12.1 Å². The molecule has 5 heteroatoms. The van der Waals surface area contributed by atoms with Gasteiger partial charge in [0.2, 0.25) is 0 Å². The molecule has 108 valence electrons. The number of carboxylic acid groups (broad SMARTS) is 1. The molecule has 0 spiro atoms. The fourth-order valence-corrected chi connectivity index (χ4v) is 2.20. The maximum Gasteiger partial charge on any atom is 0.326 e. The lowest BCUT2D eigenvalue weighted by atomic mass is 10.0. The highest BCUT2D eigenvalue weighted by atomic mass is 16.5. The van der Waals surface area contributed by atoms with Crippen molar-refractivity contribution in [1.82, 2.24) is 0 Å². The highest BCUT2D eigenvalue weighted by molar-refractivity contribution is 5.98. The Morgan fingerprint density at radius 1 is 1.33 bits per heavy atom. The summed E-state index contributed by atoms with van der Waals surface area (Å²) in [6.45, 7) is 0.359. The molecule has 5 nitrogen and oxygen atoms in total. The number of hydrogen-bond donors (Lipinski definition) is 2. The molecule has 2 aromatic carbocycles. The number of benzene rings is 2. The van der Waals surface area contributed by atoms with E-state index in [0.29, 0.717) is 24.3 Å². The molecule has 2 N–H and O–H groups in total. The molecule has 21 heavy (non-hydrogen) atoms. The van der Waals surface area contributed by atoms with Crippen LogP contribution in [0.3, 0.4) is 0 Å². The normalized spacial score (nSPS) is 11.8. The molecule has 0 aliphatic rings. The van der Waals surface area contributed by atoms with E-state index in [1.165, 1.54) is 7.11 Å². The molecule has 0 heterocycles. The number of nitriles is 1. The summed E-state index contributed by atoms with van der Waals surface area (Å²) < 4.78 is 4.94. The number of fused-ring (bicyclic) bond motifs is 1. The third-order valence-corrected chi connectivity index (χ3v) is 3.28. The fraction of sp³-hybridized carbons (Fsp3) is 0.250. The van der Waals surface area contributed by atoms with Gasteiger partial charge in [0, 0.05) is 36.6 Å². The first-order valence-corrected chi connectivity index (χ1v) is 6.57. The van der Waals surface area contributed by atoms with E-state index in [-0.39, 0.29) is 0 Å². The second kappa shape index (κ2) is 6.73. The maximum absolute atomic E-state index is 11.3. The van der Waals surface area contributed by atoms with Gasteiger partial charge in [-0.15, -0.1) is 0 Å². The zero-order valence-corrected chi connectivity index (χ0v) is 11.7. The number of nitrogens with zero attached hydrogens (tertiary/aromatic N) is 1. The number of rotatable bonds is 6. The van der Waals surface area contributed by atoms with Crippen LogP contribution in [0.1, 0.15) is 12.0 Å². The van der Waals surface area contributed by atoms with Crippen LogP contribution in [-0.2, 0) is 9.53 Å². The van der Waals surface area contributed by atoms with Crippen molar-refractivity contribution in [2.75, 3.05) is 19.0 Å². The average molecular weight is 284 g/mol. The summed E-state index contributed by atoms with van der Waals surface area (Å²) in [5.74, 6) is -0.930. The van der Waals surface area contributed by atoms with E-state index < -0.39 is 12.0 Å². The molecule has 0 amide bonds. The van der Waals surface area contributed by atoms with Crippen LogP contribution in [0, 0.1) is 11.3 Å². The third-order valence-electron chi connectivity index (χ3n) is 3.28. The SMILES string of the molecule is COCCC(Nc1ccc(C#N)c2ccccc12)C(=O)O. The molecule has 0 bridgehead atoms. The summed E-state index contributed by atoms with van der Waals surface area (Å²) in [7, 11) is 1.54. The van der Waals surface area contributed by atoms with E-state index in [4.69, 9.17) is 10.00 Å². The Bertz CT molecular complexity index is 691. The number of methoxy groups -OCH3 is 1. The first kappa shape index (κ1) is 14.8. The summed E-state index contributed by atoms with van der Waals surface area (Å²) in [6, 6.07) is 12.3. The Balaban J connectivity index is 2.38. The van der Waals surface area contributed by atoms with Crippen LogP contribution < -0.4 is 5.32 Å². The molecule has 0 aliphatic carbocycles. The van der Waals surface area contributed by atoms with E-state index in [2.05, 4.69) is 11.4 Å². The van der Waals surface area contributed by atoms with Gasteiger partial charge in [0.05, 0.1) is 11.6 Å². The molecule has 0 aliphatic heterocycles. The van der Waals surface area contributed by atoms with Gasteiger partial charge in [0.1, 0.15) is 6.04 Å². The van der Waals surface area contributed by atoms with Crippen molar-refractivity contribution in [1.29, 1.82) is 5.26 Å². The van der Waals surface area contributed by atoms with E-state index in [9.17, 15) is 9.90 Å². The zero-order valence-electron chi connectivity index (χ0n) is 11.7. The Morgan fingerprint density at radius 3 is 2.67 bits per heavy atom. The lowest BCUT2D eigenvalue weighted by Crippen LogP contribution is -2.30. The predicted octanol–water partition coefficient (Wildman–Crippen LogP) is 2.61. The summed E-state index contributed by atoms with van der Waals surface area (Å²) in [5.41, 5.74) is 1.27. The molecule has 1 unspecified atom stereocenters. The Kier molecular flexibility index (Phi) is 4.75. The largest absolute Gasteiger partial charge is 0.480 e. The van der Waals surface area contributed by atoms with Gasteiger partial charge >= 0.3 is 5.97 Å². The van der Waals surface area contributed by atoms with E-state index >= 15 is 0 Å². The number of hydrogen-bond acceptors (Lipinski definition) is 4. The minimum atomic E-state index is -0.930. The summed E-state index contributed by atoms with van der Waals surface area (Å²) >= 11 is 0. The fourth-order valence-electron chi connectivity index (χ4n) is 2.20. The Hall–Kier alpha value is -2.58. The molecule has 0 saturated carbocycles. The molecule has 1 atom stereocenters. The van der Waals surface area contributed by atoms with Crippen molar-refractivity contribution in [3.8, 4) is 6.07 Å². The highest BCUT2D eigenvalue weighted by Crippen LogP contribution is 2.27. The first-order valence-electron chi connectivity index (χ1n) is 6.57. The smallest absolute Gasteiger partial charge is 0.326 e. The van der Waals surface area contributed by atoms with E-state index in [0.717, 1.165) is 10.8 Å². The maximum atomic E-state index is 11.3. The van der Waals surface area contributed by atoms with Crippen molar-refractivity contribution in [2.45, 2.75) is 12.5 Å². The molecule has 0 radical (unpaired) electrons. The minimum absolute atomic E-state index is 0.359. The van der Waals surface area contributed by atoms with Gasteiger partial charge in [0.25, 0.3) is 0 Å². The highest BCUT2D eigenvalue weighted by Gasteiger charge is 2.18. The van der Waals surface area contributed by atoms with Crippen molar-refractivity contribution in [3.05, 3.63) is 42.0 Å². The van der Waals surface area contributed by atoms with Crippen LogP contribution in [0.5, 0.6) is 0 Å². The van der Waals surface area contributed by atoms with Crippen LogP contribution in [-0.4, -0.2) is 30.8 Å². The van der Waals surface area contributed by atoms with Crippen LogP contribution >= 0.6 is 0 Å². The molecule has 2 rings (SSSR count). The van der Waals surface area contributed by atoms with Crippen LogP contribution in [0.25, 0.3) is 10.8 Å². The van der Waals surface area contributed by atoms with Gasteiger partial charge in [0.15, 0.2) is 0 Å². The van der Waals surface area contributed by atoms with Gasteiger partial charge in [-0.05, 0) is 12.1 Å². The van der Waals surface area contributed by atoms with Crippen molar-refractivity contribution in [2.24, 2.45) is 0 Å². The van der Waals surface area contributed by atoms with Crippen molar-refractivity contribution < 1.29 is 14.6 Å². The molecule has 2 aromatic rings. The zero-order chi connectivity index (χ0) is 15.2. The van der Waals surface area contributed by atoms with Crippen molar-refractivity contribution in [3.63, 3.8) is 0 Å². The molecular weight excluding hydrogens is 268 g/mol. The Labute approximate surface area is 122 Å². The summed E-state index contributed by atoms with van der Waals surface area (Å²) in [4.78, 5) is 11.3. The first-order chi connectivity index (χ1) is 10.2. The molecular formula is C16H16N2O3. The summed E-state index contributed by atoms with van der Waals surface area (Å²) in [6.07, 6.45) is 0.361. The second-order valence-electron chi connectivity index (χ2n) is 4.63. The number of aliphatic carboxylic acids is 1. The number of nitrogens with one attached hydrogen (secondary N) is 1. The number of carboxylic acids is 1. The van der Waals surface area contributed by atoms with Crippen LogP contribution in [0.2, 0.25) is 0 Å².